The van der Waals surface area contributed by atoms with Crippen molar-refractivity contribution in [2.45, 2.75) is 26.3 Å². The molecule has 1 atom stereocenters. The molecule has 0 saturated carbocycles. The highest BCUT2D eigenvalue weighted by molar-refractivity contribution is 5.95. The van der Waals surface area contributed by atoms with E-state index >= 15 is 0 Å². The van der Waals surface area contributed by atoms with E-state index in [2.05, 4.69) is 5.32 Å². The van der Waals surface area contributed by atoms with Gasteiger partial charge in [-0.05, 0) is 37.6 Å². The molecule has 0 radical (unpaired) electrons. The molecule has 2 aromatic rings. The monoisotopic (exact) mass is 314 g/mol. The molecule has 0 spiro atoms. The van der Waals surface area contributed by atoms with E-state index in [9.17, 15) is 4.79 Å². The van der Waals surface area contributed by atoms with Crippen LogP contribution in [0.2, 0.25) is 0 Å². The molecule has 2 heterocycles. The smallest absolute Gasteiger partial charge is 0.253 e. The Morgan fingerprint density at radius 1 is 1.22 bits per heavy atom. The van der Waals surface area contributed by atoms with Crippen LogP contribution in [0, 0.1) is 6.92 Å². The SMILES string of the molecule is Cc1c(C(=O)N[C@@H](C)c2ccc3c(c2)OCCCO3)ccn1C. The number of rotatable bonds is 3. The van der Waals surface area contributed by atoms with Crippen LogP contribution in [0.15, 0.2) is 30.5 Å². The van der Waals surface area contributed by atoms with Crippen LogP contribution in [0.3, 0.4) is 0 Å². The van der Waals surface area contributed by atoms with Crippen LogP contribution >= 0.6 is 0 Å². The minimum Gasteiger partial charge on any atom is -0.490 e. The molecule has 0 aliphatic carbocycles. The van der Waals surface area contributed by atoms with Gasteiger partial charge in [-0.15, -0.1) is 0 Å². The second kappa shape index (κ2) is 6.36. The standard InChI is InChI=1S/C18H22N2O3/c1-12(19-18(21)15-7-8-20(3)13(15)2)14-5-6-16-17(11-14)23-10-4-9-22-16/h5-8,11-12H,4,9-10H2,1-3H3,(H,19,21)/t12-/m0/s1. The molecule has 122 valence electrons. The van der Waals surface area contributed by atoms with Crippen molar-refractivity contribution < 1.29 is 14.3 Å². The first-order chi connectivity index (χ1) is 11.1. The number of hydrogen-bond acceptors (Lipinski definition) is 3. The van der Waals surface area contributed by atoms with E-state index in [1.54, 1.807) is 0 Å². The van der Waals surface area contributed by atoms with Gasteiger partial charge in [0.1, 0.15) is 0 Å². The predicted molar refractivity (Wildman–Crippen MR) is 88.1 cm³/mol. The zero-order chi connectivity index (χ0) is 16.4. The fourth-order valence-corrected chi connectivity index (χ4v) is 2.66. The Labute approximate surface area is 136 Å². The van der Waals surface area contributed by atoms with Gasteiger partial charge in [-0.25, -0.2) is 0 Å². The lowest BCUT2D eigenvalue weighted by molar-refractivity contribution is 0.0939. The fraction of sp³-hybridized carbons (Fsp3) is 0.389. The summed E-state index contributed by atoms with van der Waals surface area (Å²) in [4.78, 5) is 12.4. The molecule has 0 unspecified atom stereocenters. The number of nitrogens with one attached hydrogen (secondary N) is 1. The van der Waals surface area contributed by atoms with Gasteiger partial charge in [-0.1, -0.05) is 6.07 Å². The summed E-state index contributed by atoms with van der Waals surface area (Å²) < 4.78 is 13.3. The van der Waals surface area contributed by atoms with Crippen molar-refractivity contribution in [3.05, 3.63) is 47.3 Å². The third kappa shape index (κ3) is 3.18. The number of ether oxygens (including phenoxy) is 2. The number of fused-ring (bicyclic) bond motifs is 1. The molecule has 1 N–H and O–H groups in total. The Morgan fingerprint density at radius 2 is 1.96 bits per heavy atom. The van der Waals surface area contributed by atoms with Crippen LogP contribution in [-0.4, -0.2) is 23.7 Å². The van der Waals surface area contributed by atoms with E-state index in [4.69, 9.17) is 9.47 Å². The molecular weight excluding hydrogens is 292 g/mol. The number of aryl methyl sites for hydroxylation is 1. The molecule has 23 heavy (non-hydrogen) atoms. The Balaban J connectivity index is 1.75. The van der Waals surface area contributed by atoms with Gasteiger partial charge >= 0.3 is 0 Å². The molecule has 1 aromatic heterocycles. The number of carbonyl (C=O) groups excluding carboxylic acids is 1. The first kappa shape index (κ1) is 15.5. The molecule has 5 nitrogen and oxygen atoms in total. The van der Waals surface area contributed by atoms with Gasteiger partial charge in [0, 0.05) is 25.4 Å². The molecular formula is C18H22N2O3. The van der Waals surface area contributed by atoms with Gasteiger partial charge in [-0.2, -0.15) is 0 Å². The molecule has 0 bridgehead atoms. The van der Waals surface area contributed by atoms with Crippen molar-refractivity contribution in [1.29, 1.82) is 0 Å². The highest BCUT2D eigenvalue weighted by atomic mass is 16.5. The van der Waals surface area contributed by atoms with Gasteiger partial charge in [0.25, 0.3) is 5.91 Å². The highest BCUT2D eigenvalue weighted by Crippen LogP contribution is 2.32. The molecule has 1 aliphatic rings. The number of carbonyl (C=O) groups is 1. The van der Waals surface area contributed by atoms with Gasteiger partial charge in [0.15, 0.2) is 11.5 Å². The van der Waals surface area contributed by atoms with Crippen LogP contribution in [0.1, 0.15) is 41.0 Å². The normalized spacial score (nSPS) is 14.9. The van der Waals surface area contributed by atoms with Gasteiger partial charge in [0.2, 0.25) is 0 Å². The number of aromatic nitrogens is 1. The zero-order valence-electron chi connectivity index (χ0n) is 13.8. The van der Waals surface area contributed by atoms with Gasteiger partial charge in [-0.3, -0.25) is 4.79 Å². The maximum Gasteiger partial charge on any atom is 0.253 e. The van der Waals surface area contributed by atoms with E-state index < -0.39 is 0 Å². The summed E-state index contributed by atoms with van der Waals surface area (Å²) in [6.07, 6.45) is 2.77. The van der Waals surface area contributed by atoms with Gasteiger partial charge < -0.3 is 19.4 Å². The summed E-state index contributed by atoms with van der Waals surface area (Å²) in [5.41, 5.74) is 2.65. The zero-order valence-corrected chi connectivity index (χ0v) is 13.8. The quantitative estimate of drug-likeness (QED) is 0.947. The molecule has 3 rings (SSSR count). The minimum atomic E-state index is -0.112. The second-order valence-corrected chi connectivity index (χ2v) is 5.88. The molecule has 1 amide bonds. The van der Waals surface area contributed by atoms with Crippen molar-refractivity contribution in [1.82, 2.24) is 9.88 Å². The van der Waals surface area contributed by atoms with Crippen molar-refractivity contribution in [3.63, 3.8) is 0 Å². The maximum absolute atomic E-state index is 12.4. The van der Waals surface area contributed by atoms with E-state index in [0.717, 1.165) is 29.2 Å². The third-order valence-corrected chi connectivity index (χ3v) is 4.25. The van der Waals surface area contributed by atoms with E-state index in [1.807, 2.05) is 55.9 Å². The molecule has 0 fully saturated rings. The molecule has 0 saturated heterocycles. The van der Waals surface area contributed by atoms with Crippen LogP contribution in [-0.2, 0) is 7.05 Å². The Bertz CT molecular complexity index is 721. The van der Waals surface area contributed by atoms with Crippen LogP contribution in [0.25, 0.3) is 0 Å². The number of benzene rings is 1. The summed E-state index contributed by atoms with van der Waals surface area (Å²) in [7, 11) is 1.93. The van der Waals surface area contributed by atoms with E-state index in [1.165, 1.54) is 0 Å². The first-order valence-corrected chi connectivity index (χ1v) is 7.88. The Kier molecular flexibility index (Phi) is 4.28. The second-order valence-electron chi connectivity index (χ2n) is 5.88. The van der Waals surface area contributed by atoms with Crippen molar-refractivity contribution in [2.75, 3.05) is 13.2 Å². The first-order valence-electron chi connectivity index (χ1n) is 7.88. The molecule has 1 aliphatic heterocycles. The van der Waals surface area contributed by atoms with Crippen molar-refractivity contribution >= 4 is 5.91 Å². The number of nitrogens with zero attached hydrogens (tertiary/aromatic N) is 1. The predicted octanol–water partition coefficient (Wildman–Crippen LogP) is 2.99. The highest BCUT2D eigenvalue weighted by Gasteiger charge is 2.17. The summed E-state index contributed by atoms with van der Waals surface area (Å²) in [6.45, 7) is 5.23. The maximum atomic E-state index is 12.4. The van der Waals surface area contributed by atoms with E-state index in [-0.39, 0.29) is 11.9 Å². The summed E-state index contributed by atoms with van der Waals surface area (Å²) in [5.74, 6) is 1.45. The summed E-state index contributed by atoms with van der Waals surface area (Å²) >= 11 is 0. The lowest BCUT2D eigenvalue weighted by atomic mass is 10.1. The summed E-state index contributed by atoms with van der Waals surface area (Å²) in [6, 6.07) is 7.55. The third-order valence-electron chi connectivity index (χ3n) is 4.25. The van der Waals surface area contributed by atoms with Crippen molar-refractivity contribution in [3.8, 4) is 11.5 Å². The Hall–Kier alpha value is -2.43. The van der Waals surface area contributed by atoms with Crippen LogP contribution in [0.5, 0.6) is 11.5 Å². The fourth-order valence-electron chi connectivity index (χ4n) is 2.66. The van der Waals surface area contributed by atoms with Crippen LogP contribution in [0.4, 0.5) is 0 Å². The Morgan fingerprint density at radius 3 is 2.65 bits per heavy atom. The minimum absolute atomic E-state index is 0.0669. The lowest BCUT2D eigenvalue weighted by Crippen LogP contribution is -2.27. The molecule has 1 aromatic carbocycles. The van der Waals surface area contributed by atoms with Crippen LogP contribution < -0.4 is 14.8 Å². The van der Waals surface area contributed by atoms with E-state index in [0.29, 0.717) is 18.8 Å². The average molecular weight is 314 g/mol. The number of amides is 1. The topological polar surface area (TPSA) is 52.5 Å². The molecule has 5 heteroatoms. The lowest BCUT2D eigenvalue weighted by Gasteiger charge is -2.16. The van der Waals surface area contributed by atoms with Gasteiger partial charge in [0.05, 0.1) is 24.8 Å². The average Bonchev–Trinajstić information content (AvgIpc) is 2.76. The number of hydrogen-bond donors (Lipinski definition) is 1. The largest absolute Gasteiger partial charge is 0.490 e. The van der Waals surface area contributed by atoms with Crippen molar-refractivity contribution in [2.24, 2.45) is 7.05 Å². The summed E-state index contributed by atoms with van der Waals surface area (Å²) in [5, 5.41) is 3.04.